The molecule has 3 amide bonds. The van der Waals surface area contributed by atoms with Crippen molar-refractivity contribution in [1.29, 1.82) is 0 Å². The molecule has 1 heterocycles. The number of thiazole rings is 1. The maximum atomic E-state index is 12.2. The molecule has 3 rings (SSSR count). The van der Waals surface area contributed by atoms with E-state index in [1.807, 2.05) is 18.2 Å². The topological polar surface area (TPSA) is 116 Å². The van der Waals surface area contributed by atoms with Crippen LogP contribution in [0.3, 0.4) is 0 Å². The van der Waals surface area contributed by atoms with E-state index in [0.29, 0.717) is 22.1 Å². The van der Waals surface area contributed by atoms with Gasteiger partial charge >= 0.3 is 12.0 Å². The van der Waals surface area contributed by atoms with Crippen LogP contribution < -0.4 is 15.9 Å². The summed E-state index contributed by atoms with van der Waals surface area (Å²) in [6, 6.07) is 12.6. The zero-order valence-corrected chi connectivity index (χ0v) is 17.2. The Labute approximate surface area is 180 Å². The van der Waals surface area contributed by atoms with Crippen molar-refractivity contribution in [3.8, 4) is 0 Å². The van der Waals surface area contributed by atoms with Crippen LogP contribution in [-0.2, 0) is 16.1 Å². The van der Waals surface area contributed by atoms with E-state index in [9.17, 15) is 14.4 Å². The van der Waals surface area contributed by atoms with Crippen LogP contribution in [0.1, 0.15) is 15.9 Å². The van der Waals surface area contributed by atoms with Gasteiger partial charge in [0.25, 0.3) is 5.91 Å². The lowest BCUT2D eigenvalue weighted by molar-refractivity contribution is -0.121. The SMILES string of the molecule is NC(=O)Nc1ccc(C(=O)OCC(=O)N=c2sccn2Cc2ccccc2Cl)cc1. The van der Waals surface area contributed by atoms with Gasteiger partial charge < -0.3 is 20.4 Å². The van der Waals surface area contributed by atoms with E-state index in [1.54, 1.807) is 22.2 Å². The van der Waals surface area contributed by atoms with Gasteiger partial charge in [0.15, 0.2) is 11.4 Å². The molecule has 0 spiro atoms. The number of anilines is 1. The highest BCUT2D eigenvalue weighted by atomic mass is 35.5. The number of aromatic nitrogens is 1. The second kappa shape index (κ2) is 9.86. The first-order valence-electron chi connectivity index (χ1n) is 8.71. The molecule has 0 bridgehead atoms. The molecule has 0 atom stereocenters. The van der Waals surface area contributed by atoms with Crippen molar-refractivity contribution in [2.24, 2.45) is 10.7 Å². The highest BCUT2D eigenvalue weighted by molar-refractivity contribution is 7.07. The minimum absolute atomic E-state index is 0.225. The molecule has 0 unspecified atom stereocenters. The summed E-state index contributed by atoms with van der Waals surface area (Å²) >= 11 is 7.47. The van der Waals surface area contributed by atoms with Gasteiger partial charge in [0.05, 0.1) is 12.1 Å². The number of esters is 1. The Balaban J connectivity index is 1.61. The number of carbonyl (C=O) groups excluding carboxylic acids is 3. The summed E-state index contributed by atoms with van der Waals surface area (Å²) in [7, 11) is 0. The van der Waals surface area contributed by atoms with Crippen molar-refractivity contribution in [2.45, 2.75) is 6.54 Å². The van der Waals surface area contributed by atoms with Crippen LogP contribution in [-0.4, -0.2) is 29.1 Å². The molecule has 8 nitrogen and oxygen atoms in total. The molecule has 2 aromatic carbocycles. The van der Waals surface area contributed by atoms with E-state index in [1.165, 1.54) is 35.6 Å². The third kappa shape index (κ3) is 5.79. The quantitative estimate of drug-likeness (QED) is 0.568. The van der Waals surface area contributed by atoms with Crippen molar-refractivity contribution < 1.29 is 19.1 Å². The van der Waals surface area contributed by atoms with Crippen LogP contribution in [0.25, 0.3) is 0 Å². The van der Waals surface area contributed by atoms with E-state index < -0.39 is 24.5 Å². The number of hydrogen-bond acceptors (Lipinski definition) is 5. The molecular formula is C20H17ClN4O4S. The Kier molecular flexibility index (Phi) is 6.99. The zero-order chi connectivity index (χ0) is 21.5. The lowest BCUT2D eigenvalue weighted by Crippen LogP contribution is -2.20. The Hall–Kier alpha value is -3.43. The molecule has 0 aliphatic carbocycles. The molecule has 10 heteroatoms. The first-order chi connectivity index (χ1) is 14.4. The van der Waals surface area contributed by atoms with Gasteiger partial charge in [-0.3, -0.25) is 4.79 Å². The number of hydrogen-bond donors (Lipinski definition) is 2. The highest BCUT2D eigenvalue weighted by Gasteiger charge is 2.11. The molecule has 0 aliphatic rings. The minimum Gasteiger partial charge on any atom is -0.452 e. The molecule has 0 aliphatic heterocycles. The number of rotatable bonds is 6. The Morgan fingerprint density at radius 1 is 1.13 bits per heavy atom. The van der Waals surface area contributed by atoms with Gasteiger partial charge in [-0.15, -0.1) is 11.3 Å². The number of ether oxygens (including phenoxy) is 1. The molecular weight excluding hydrogens is 428 g/mol. The third-order valence-corrected chi connectivity index (χ3v) is 5.06. The first kappa shape index (κ1) is 21.3. The number of amides is 3. The van der Waals surface area contributed by atoms with Crippen LogP contribution in [0.5, 0.6) is 0 Å². The fraction of sp³-hybridized carbons (Fsp3) is 0.100. The van der Waals surface area contributed by atoms with Gasteiger partial charge in [0.1, 0.15) is 0 Å². The smallest absolute Gasteiger partial charge is 0.338 e. The zero-order valence-electron chi connectivity index (χ0n) is 15.6. The number of carbonyl (C=O) groups is 3. The van der Waals surface area contributed by atoms with E-state index in [4.69, 9.17) is 22.1 Å². The molecule has 3 N–H and O–H groups in total. The largest absolute Gasteiger partial charge is 0.452 e. The van der Waals surface area contributed by atoms with Crippen molar-refractivity contribution in [2.75, 3.05) is 11.9 Å². The monoisotopic (exact) mass is 444 g/mol. The van der Waals surface area contributed by atoms with Gasteiger partial charge in [-0.05, 0) is 35.9 Å². The Morgan fingerprint density at radius 3 is 2.57 bits per heavy atom. The van der Waals surface area contributed by atoms with Crippen LogP contribution in [0.4, 0.5) is 10.5 Å². The number of halogens is 1. The summed E-state index contributed by atoms with van der Waals surface area (Å²) in [4.78, 5) is 39.5. The molecule has 0 saturated heterocycles. The van der Waals surface area contributed by atoms with Crippen LogP contribution >= 0.6 is 22.9 Å². The number of urea groups is 1. The average molecular weight is 445 g/mol. The number of nitrogens with zero attached hydrogens (tertiary/aromatic N) is 2. The molecule has 30 heavy (non-hydrogen) atoms. The number of primary amides is 1. The van der Waals surface area contributed by atoms with E-state index in [-0.39, 0.29) is 5.56 Å². The fourth-order valence-corrected chi connectivity index (χ4v) is 3.44. The maximum Gasteiger partial charge on any atom is 0.338 e. The van der Waals surface area contributed by atoms with Gasteiger partial charge in [-0.2, -0.15) is 4.99 Å². The molecule has 0 radical (unpaired) electrons. The van der Waals surface area contributed by atoms with Gasteiger partial charge in [0.2, 0.25) is 0 Å². The lowest BCUT2D eigenvalue weighted by atomic mass is 10.2. The fourth-order valence-electron chi connectivity index (χ4n) is 2.50. The summed E-state index contributed by atoms with van der Waals surface area (Å²) in [5.41, 5.74) is 6.58. The second-order valence-electron chi connectivity index (χ2n) is 6.05. The van der Waals surface area contributed by atoms with Gasteiger partial charge in [0, 0.05) is 22.3 Å². The molecule has 3 aromatic rings. The van der Waals surface area contributed by atoms with E-state index in [0.717, 1.165) is 5.56 Å². The number of benzene rings is 2. The van der Waals surface area contributed by atoms with Crippen molar-refractivity contribution >= 4 is 46.5 Å². The standard InChI is InChI=1S/C20H17ClN4O4S/c21-16-4-2-1-3-14(16)11-25-9-10-30-20(25)24-17(26)12-29-18(27)13-5-7-15(8-6-13)23-19(22)28/h1-10H,11-12H2,(H3,22,23,28). The Morgan fingerprint density at radius 2 is 1.87 bits per heavy atom. The number of nitrogens with two attached hydrogens (primary N) is 1. The summed E-state index contributed by atoms with van der Waals surface area (Å²) in [6.07, 6.45) is 1.80. The Bertz CT molecular complexity index is 1140. The summed E-state index contributed by atoms with van der Waals surface area (Å²) in [5.74, 6) is -1.27. The predicted molar refractivity (Wildman–Crippen MR) is 113 cm³/mol. The highest BCUT2D eigenvalue weighted by Crippen LogP contribution is 2.15. The van der Waals surface area contributed by atoms with E-state index in [2.05, 4.69) is 10.3 Å². The van der Waals surface area contributed by atoms with Crippen molar-refractivity contribution in [3.05, 3.63) is 81.1 Å². The van der Waals surface area contributed by atoms with Gasteiger partial charge in [-0.1, -0.05) is 29.8 Å². The van der Waals surface area contributed by atoms with Crippen LogP contribution in [0.2, 0.25) is 5.02 Å². The average Bonchev–Trinajstić information content (AvgIpc) is 3.14. The van der Waals surface area contributed by atoms with Crippen molar-refractivity contribution in [3.63, 3.8) is 0 Å². The molecule has 1 aromatic heterocycles. The summed E-state index contributed by atoms with van der Waals surface area (Å²) in [6.45, 7) is -0.0368. The molecule has 0 fully saturated rings. The van der Waals surface area contributed by atoms with Gasteiger partial charge in [-0.25, -0.2) is 9.59 Å². The molecule has 154 valence electrons. The third-order valence-electron chi connectivity index (χ3n) is 3.89. The van der Waals surface area contributed by atoms with Crippen molar-refractivity contribution in [1.82, 2.24) is 4.57 Å². The van der Waals surface area contributed by atoms with Crippen LogP contribution in [0.15, 0.2) is 65.1 Å². The number of nitrogens with one attached hydrogen (secondary N) is 1. The molecule has 0 saturated carbocycles. The minimum atomic E-state index is -0.710. The summed E-state index contributed by atoms with van der Waals surface area (Å²) < 4.78 is 6.80. The summed E-state index contributed by atoms with van der Waals surface area (Å²) in [5, 5.41) is 4.81. The van der Waals surface area contributed by atoms with Crippen LogP contribution in [0, 0.1) is 0 Å². The first-order valence-corrected chi connectivity index (χ1v) is 9.96. The second-order valence-corrected chi connectivity index (χ2v) is 7.33. The normalized spacial score (nSPS) is 11.2. The predicted octanol–water partition coefficient (Wildman–Crippen LogP) is 3.03. The van der Waals surface area contributed by atoms with E-state index >= 15 is 0 Å². The maximum absolute atomic E-state index is 12.2. The lowest BCUT2D eigenvalue weighted by Gasteiger charge is -2.06.